The summed E-state index contributed by atoms with van der Waals surface area (Å²) in [5, 5.41) is 0. The molecule has 0 amide bonds. The highest BCUT2D eigenvalue weighted by molar-refractivity contribution is 4.90. The average molecular weight is 152 g/mol. The van der Waals surface area contributed by atoms with Crippen molar-refractivity contribution < 1.29 is 1.37 Å². The smallest absolute Gasteiger partial charge is 0.0272 e. The predicted molar refractivity (Wildman–Crippen MR) is 49.6 cm³/mol. The van der Waals surface area contributed by atoms with Gasteiger partial charge in [-0.3, -0.25) is 0 Å². The SMILES string of the molecule is [2H]C1C([CH2])C(C[CH2])C(C[CH2])C1C. The van der Waals surface area contributed by atoms with Crippen LogP contribution in [-0.4, -0.2) is 0 Å². The van der Waals surface area contributed by atoms with E-state index in [1.54, 1.807) is 0 Å². The van der Waals surface area contributed by atoms with Crippen molar-refractivity contribution in [2.24, 2.45) is 23.7 Å². The third kappa shape index (κ3) is 1.60. The lowest BCUT2D eigenvalue weighted by Crippen LogP contribution is -2.14. The Balaban J connectivity index is 2.72. The molecule has 0 heterocycles. The summed E-state index contributed by atoms with van der Waals surface area (Å²) in [4.78, 5) is 0. The average Bonchev–Trinajstić information content (AvgIpc) is 2.29. The van der Waals surface area contributed by atoms with Gasteiger partial charge in [-0.05, 0) is 49.8 Å². The molecule has 0 aromatic carbocycles. The molecule has 0 saturated heterocycles. The summed E-state index contributed by atoms with van der Waals surface area (Å²) in [6.07, 6.45) is 1.85. The second-order valence-electron chi connectivity index (χ2n) is 3.62. The molecule has 5 unspecified atom stereocenters. The Morgan fingerprint density at radius 2 is 1.91 bits per heavy atom. The first-order valence-corrected chi connectivity index (χ1v) is 4.47. The van der Waals surface area contributed by atoms with Crippen molar-refractivity contribution in [1.82, 2.24) is 0 Å². The van der Waals surface area contributed by atoms with Gasteiger partial charge in [-0.15, -0.1) is 0 Å². The van der Waals surface area contributed by atoms with Crippen LogP contribution >= 0.6 is 0 Å². The number of hydrogen-bond acceptors (Lipinski definition) is 0. The lowest BCUT2D eigenvalue weighted by atomic mass is 9.84. The van der Waals surface area contributed by atoms with Gasteiger partial charge in [0.25, 0.3) is 0 Å². The Kier molecular flexibility index (Phi) is 2.50. The first kappa shape index (κ1) is 7.64. The van der Waals surface area contributed by atoms with E-state index in [-0.39, 0.29) is 12.3 Å². The molecular weight excluding hydrogens is 132 g/mol. The molecule has 0 heteroatoms. The van der Waals surface area contributed by atoms with Crippen molar-refractivity contribution in [3.63, 3.8) is 0 Å². The van der Waals surface area contributed by atoms with Crippen molar-refractivity contribution >= 4 is 0 Å². The first-order valence-electron chi connectivity index (χ1n) is 5.05. The Labute approximate surface area is 72.8 Å². The van der Waals surface area contributed by atoms with Crippen LogP contribution in [0.3, 0.4) is 0 Å². The zero-order chi connectivity index (χ0) is 9.30. The molecule has 1 aliphatic carbocycles. The Bertz CT molecular complexity index is 128. The Morgan fingerprint density at radius 3 is 2.27 bits per heavy atom. The topological polar surface area (TPSA) is 0 Å². The van der Waals surface area contributed by atoms with Crippen molar-refractivity contribution in [3.8, 4) is 0 Å². The molecule has 0 nitrogen and oxygen atoms in total. The van der Waals surface area contributed by atoms with Crippen LogP contribution in [0.15, 0.2) is 0 Å². The Morgan fingerprint density at radius 1 is 1.36 bits per heavy atom. The van der Waals surface area contributed by atoms with Crippen LogP contribution in [0.2, 0.25) is 0 Å². The molecule has 63 valence electrons. The van der Waals surface area contributed by atoms with Crippen molar-refractivity contribution in [2.45, 2.75) is 26.2 Å². The summed E-state index contributed by atoms with van der Waals surface area (Å²) in [7, 11) is 0. The number of hydrogen-bond donors (Lipinski definition) is 0. The van der Waals surface area contributed by atoms with E-state index in [0.29, 0.717) is 17.8 Å². The molecule has 0 bridgehead atoms. The van der Waals surface area contributed by atoms with Gasteiger partial charge in [0.15, 0.2) is 0 Å². The normalized spacial score (nSPS) is 52.7. The van der Waals surface area contributed by atoms with Crippen LogP contribution < -0.4 is 0 Å². The van der Waals surface area contributed by atoms with Crippen molar-refractivity contribution in [2.75, 3.05) is 0 Å². The van der Waals surface area contributed by atoms with Crippen LogP contribution in [0, 0.1) is 44.4 Å². The van der Waals surface area contributed by atoms with Gasteiger partial charge in [0.05, 0.1) is 0 Å². The highest BCUT2D eigenvalue weighted by atomic mass is 14.4. The summed E-state index contributed by atoms with van der Waals surface area (Å²) in [6.45, 7) is 14.1. The minimum Gasteiger partial charge on any atom is -0.0622 e. The molecule has 0 aromatic heterocycles. The summed E-state index contributed by atoms with van der Waals surface area (Å²) < 4.78 is 7.89. The van der Waals surface area contributed by atoms with Gasteiger partial charge in [-0.25, -0.2) is 0 Å². The van der Waals surface area contributed by atoms with E-state index in [0.717, 1.165) is 12.8 Å². The van der Waals surface area contributed by atoms with Gasteiger partial charge in [-0.1, -0.05) is 20.8 Å². The third-order valence-electron chi connectivity index (χ3n) is 2.99. The van der Waals surface area contributed by atoms with Crippen LogP contribution in [0.25, 0.3) is 0 Å². The molecule has 5 atom stereocenters. The fraction of sp³-hybridized carbons (Fsp3) is 0.727. The third-order valence-corrected chi connectivity index (χ3v) is 2.99. The van der Waals surface area contributed by atoms with E-state index in [4.69, 9.17) is 1.37 Å². The standard InChI is InChI=1S/C11H19/c1-5-10-8(3)7-9(4)11(10)6-2/h8-11H,1-3,5-7H2,4H3/i7D. The Hall–Kier alpha value is 0. The molecule has 0 aromatic rings. The molecule has 1 saturated carbocycles. The van der Waals surface area contributed by atoms with Crippen LogP contribution in [0.1, 0.15) is 27.5 Å². The number of rotatable bonds is 2. The minimum absolute atomic E-state index is 0.00324. The maximum Gasteiger partial charge on any atom is 0.0272 e. The zero-order valence-corrected chi connectivity index (χ0v) is 7.42. The van der Waals surface area contributed by atoms with Gasteiger partial charge in [0.1, 0.15) is 0 Å². The lowest BCUT2D eigenvalue weighted by Gasteiger charge is -2.21. The molecule has 11 heavy (non-hydrogen) atoms. The van der Waals surface area contributed by atoms with Gasteiger partial charge < -0.3 is 0 Å². The van der Waals surface area contributed by atoms with E-state index in [1.165, 1.54) is 0 Å². The van der Waals surface area contributed by atoms with Crippen LogP contribution in [-0.2, 0) is 0 Å². The molecular formula is C11H19. The van der Waals surface area contributed by atoms with E-state index in [1.807, 2.05) is 0 Å². The van der Waals surface area contributed by atoms with Crippen molar-refractivity contribution in [3.05, 3.63) is 20.8 Å². The fourth-order valence-corrected chi connectivity index (χ4v) is 2.29. The van der Waals surface area contributed by atoms with E-state index in [9.17, 15) is 0 Å². The molecule has 3 radical (unpaired) electrons. The molecule has 0 N–H and O–H groups in total. The first-order chi connectivity index (χ1) is 5.63. The maximum absolute atomic E-state index is 7.89. The van der Waals surface area contributed by atoms with Gasteiger partial charge in [0.2, 0.25) is 0 Å². The molecule has 0 aliphatic heterocycles. The van der Waals surface area contributed by atoms with E-state index < -0.39 is 0 Å². The van der Waals surface area contributed by atoms with Gasteiger partial charge in [-0.2, -0.15) is 0 Å². The van der Waals surface area contributed by atoms with Gasteiger partial charge >= 0.3 is 0 Å². The molecule has 0 spiro atoms. The zero-order valence-electron chi connectivity index (χ0n) is 8.42. The summed E-state index contributed by atoms with van der Waals surface area (Å²) >= 11 is 0. The largest absolute Gasteiger partial charge is 0.0622 e. The minimum atomic E-state index is 0.00324. The van der Waals surface area contributed by atoms with Crippen LogP contribution in [0.5, 0.6) is 0 Å². The second kappa shape index (κ2) is 3.60. The van der Waals surface area contributed by atoms with Gasteiger partial charge in [0, 0.05) is 1.37 Å². The summed E-state index contributed by atoms with van der Waals surface area (Å²) in [5.41, 5.74) is 0. The molecule has 1 aliphatic rings. The van der Waals surface area contributed by atoms with Crippen molar-refractivity contribution in [1.29, 1.82) is 0 Å². The summed E-state index contributed by atoms with van der Waals surface area (Å²) in [6, 6.07) is 0. The fourth-order valence-electron chi connectivity index (χ4n) is 2.29. The lowest BCUT2D eigenvalue weighted by molar-refractivity contribution is 0.311. The highest BCUT2D eigenvalue weighted by Crippen LogP contribution is 2.43. The second-order valence-corrected chi connectivity index (χ2v) is 3.62. The van der Waals surface area contributed by atoms with E-state index in [2.05, 4.69) is 27.7 Å². The summed E-state index contributed by atoms with van der Waals surface area (Å²) in [5.74, 6) is 1.83. The molecule has 1 rings (SSSR count). The van der Waals surface area contributed by atoms with E-state index >= 15 is 0 Å². The maximum atomic E-state index is 7.89. The van der Waals surface area contributed by atoms with Crippen LogP contribution in [0.4, 0.5) is 0 Å². The molecule has 1 fully saturated rings. The predicted octanol–water partition coefficient (Wildman–Crippen LogP) is 3.16. The monoisotopic (exact) mass is 152 g/mol. The highest BCUT2D eigenvalue weighted by Gasteiger charge is 2.35. The quantitative estimate of drug-likeness (QED) is 0.570.